The maximum atomic E-state index is 13.3. The third kappa shape index (κ3) is 3.32. The lowest BCUT2D eigenvalue weighted by atomic mass is 9.86. The summed E-state index contributed by atoms with van der Waals surface area (Å²) in [6, 6.07) is 10.2. The second kappa shape index (κ2) is 6.40. The predicted molar refractivity (Wildman–Crippen MR) is 85.5 cm³/mol. The molecule has 3 rings (SSSR count). The fourth-order valence-electron chi connectivity index (χ4n) is 3.06. The molecule has 7 heteroatoms. The molecule has 1 amide bonds. The van der Waals surface area contributed by atoms with Crippen LogP contribution in [0.15, 0.2) is 42.5 Å². The van der Waals surface area contributed by atoms with Crippen LogP contribution in [0.1, 0.15) is 22.6 Å². The molecule has 2 aromatic rings. The van der Waals surface area contributed by atoms with E-state index in [1.54, 1.807) is 24.3 Å². The number of ether oxygens (including phenoxy) is 1. The van der Waals surface area contributed by atoms with Crippen LogP contribution >= 0.6 is 0 Å². The molecular formula is C18H16F3NO3. The molecule has 0 saturated heterocycles. The Labute approximate surface area is 142 Å². The Morgan fingerprint density at radius 1 is 1.16 bits per heavy atom. The van der Waals surface area contributed by atoms with Crippen LogP contribution in [0.5, 0.6) is 5.75 Å². The number of rotatable bonds is 2. The highest BCUT2D eigenvalue weighted by Gasteiger charge is 2.39. The first-order valence-corrected chi connectivity index (χ1v) is 7.63. The highest BCUT2D eigenvalue weighted by Crippen LogP contribution is 2.40. The highest BCUT2D eigenvalue weighted by atomic mass is 19.4. The van der Waals surface area contributed by atoms with Gasteiger partial charge in [-0.1, -0.05) is 18.2 Å². The Morgan fingerprint density at radius 3 is 2.44 bits per heavy atom. The fraction of sp³-hybridized carbons (Fsp3) is 0.278. The van der Waals surface area contributed by atoms with Gasteiger partial charge in [0.25, 0.3) is 5.91 Å². The van der Waals surface area contributed by atoms with E-state index >= 15 is 0 Å². The maximum Gasteiger partial charge on any atom is 0.416 e. The molecule has 0 aliphatic carbocycles. The van der Waals surface area contributed by atoms with Crippen LogP contribution in [0.2, 0.25) is 0 Å². The van der Waals surface area contributed by atoms with Gasteiger partial charge in [0.1, 0.15) is 11.9 Å². The van der Waals surface area contributed by atoms with Crippen LogP contribution in [-0.2, 0) is 17.4 Å². The number of aliphatic hydroxyl groups is 1. The van der Waals surface area contributed by atoms with Crippen LogP contribution in [0.25, 0.3) is 0 Å². The SMILES string of the molecule is COc1ccc([C@H]2Cc3c(cccc3C(F)(F)F)NC(=O)[C@H]2O)cc1. The molecule has 1 aliphatic heterocycles. The van der Waals surface area contributed by atoms with Crippen LogP contribution in [-0.4, -0.2) is 24.2 Å². The standard InChI is InChI=1S/C18H16F3NO3/c1-25-11-7-5-10(6-8-11)12-9-13-14(18(19,20)21)3-2-4-15(13)22-17(24)16(12)23/h2-8,12,16,23H,9H2,1H3,(H,22,24)/t12-,16+/m1/s1. The van der Waals surface area contributed by atoms with E-state index in [-0.39, 0.29) is 17.7 Å². The van der Waals surface area contributed by atoms with Crippen molar-refractivity contribution in [2.75, 3.05) is 12.4 Å². The topological polar surface area (TPSA) is 58.6 Å². The average molecular weight is 351 g/mol. The summed E-state index contributed by atoms with van der Waals surface area (Å²) >= 11 is 0. The van der Waals surface area contributed by atoms with E-state index in [0.717, 1.165) is 6.07 Å². The molecule has 0 saturated carbocycles. The largest absolute Gasteiger partial charge is 0.497 e. The number of amides is 1. The third-order valence-electron chi connectivity index (χ3n) is 4.36. The number of halogens is 3. The van der Waals surface area contributed by atoms with Gasteiger partial charge in [-0.25, -0.2) is 0 Å². The van der Waals surface area contributed by atoms with Crippen molar-refractivity contribution in [1.29, 1.82) is 0 Å². The quantitative estimate of drug-likeness (QED) is 0.872. The smallest absolute Gasteiger partial charge is 0.416 e. The van der Waals surface area contributed by atoms with Gasteiger partial charge in [0, 0.05) is 11.6 Å². The number of anilines is 1. The second-order valence-corrected chi connectivity index (χ2v) is 5.85. The molecule has 0 unspecified atom stereocenters. The predicted octanol–water partition coefficient (Wildman–Crippen LogP) is 3.35. The minimum absolute atomic E-state index is 0.0271. The van der Waals surface area contributed by atoms with Gasteiger partial charge < -0.3 is 15.2 Å². The molecule has 1 aliphatic rings. The molecule has 0 fully saturated rings. The van der Waals surface area contributed by atoms with Gasteiger partial charge in [-0.15, -0.1) is 0 Å². The molecule has 0 bridgehead atoms. The zero-order valence-electron chi connectivity index (χ0n) is 13.3. The normalized spacial score (nSPS) is 20.4. The molecule has 2 atom stereocenters. The number of hydrogen-bond acceptors (Lipinski definition) is 3. The Hall–Kier alpha value is -2.54. The third-order valence-corrected chi connectivity index (χ3v) is 4.36. The van der Waals surface area contributed by atoms with E-state index in [9.17, 15) is 23.1 Å². The number of nitrogens with one attached hydrogen (secondary N) is 1. The van der Waals surface area contributed by atoms with E-state index in [1.807, 2.05) is 0 Å². The highest BCUT2D eigenvalue weighted by molar-refractivity contribution is 5.96. The van der Waals surface area contributed by atoms with E-state index < -0.39 is 29.7 Å². The summed E-state index contributed by atoms with van der Waals surface area (Å²) < 4.78 is 45.1. The average Bonchev–Trinajstić information content (AvgIpc) is 2.71. The van der Waals surface area contributed by atoms with Gasteiger partial charge in [0.15, 0.2) is 0 Å². The maximum absolute atomic E-state index is 13.3. The van der Waals surface area contributed by atoms with E-state index in [0.29, 0.717) is 11.3 Å². The molecule has 1 heterocycles. The van der Waals surface area contributed by atoms with E-state index in [4.69, 9.17) is 4.74 Å². The molecule has 0 aromatic heterocycles. The zero-order chi connectivity index (χ0) is 18.2. The molecule has 0 radical (unpaired) electrons. The van der Waals surface area contributed by atoms with E-state index in [1.165, 1.54) is 19.2 Å². The first kappa shape index (κ1) is 17.3. The monoisotopic (exact) mass is 351 g/mol. The minimum atomic E-state index is -4.55. The minimum Gasteiger partial charge on any atom is -0.497 e. The van der Waals surface area contributed by atoms with Gasteiger partial charge in [-0.2, -0.15) is 13.2 Å². The van der Waals surface area contributed by atoms with Crippen LogP contribution in [0, 0.1) is 0 Å². The molecule has 4 nitrogen and oxygen atoms in total. The summed E-state index contributed by atoms with van der Waals surface area (Å²) in [6.07, 6.45) is -6.12. The van der Waals surface area contributed by atoms with Crippen molar-refractivity contribution in [2.24, 2.45) is 0 Å². The van der Waals surface area contributed by atoms with Crippen molar-refractivity contribution in [3.63, 3.8) is 0 Å². The molecule has 2 N–H and O–H groups in total. The first-order valence-electron chi connectivity index (χ1n) is 7.63. The summed E-state index contributed by atoms with van der Waals surface area (Å²) in [4.78, 5) is 12.2. The zero-order valence-corrected chi connectivity index (χ0v) is 13.3. The molecule has 132 valence electrons. The van der Waals surface area contributed by atoms with Crippen LogP contribution < -0.4 is 10.1 Å². The number of fused-ring (bicyclic) bond motifs is 1. The van der Waals surface area contributed by atoms with Crippen molar-refractivity contribution >= 4 is 11.6 Å². The number of hydrogen-bond donors (Lipinski definition) is 2. The van der Waals surface area contributed by atoms with Gasteiger partial charge in [0.05, 0.1) is 12.7 Å². The Morgan fingerprint density at radius 2 is 1.84 bits per heavy atom. The molecule has 25 heavy (non-hydrogen) atoms. The Kier molecular flexibility index (Phi) is 4.43. The first-order chi connectivity index (χ1) is 11.8. The number of alkyl halides is 3. The second-order valence-electron chi connectivity index (χ2n) is 5.85. The molecule has 2 aromatic carbocycles. The lowest BCUT2D eigenvalue weighted by Crippen LogP contribution is -2.31. The van der Waals surface area contributed by atoms with Crippen molar-refractivity contribution in [3.05, 3.63) is 59.2 Å². The van der Waals surface area contributed by atoms with Gasteiger partial charge in [0.2, 0.25) is 0 Å². The Balaban J connectivity index is 2.08. The van der Waals surface area contributed by atoms with Crippen molar-refractivity contribution < 1.29 is 27.8 Å². The number of aliphatic hydroxyl groups excluding tert-OH is 1. The van der Waals surface area contributed by atoms with E-state index in [2.05, 4.69) is 5.32 Å². The van der Waals surface area contributed by atoms with Crippen LogP contribution in [0.3, 0.4) is 0 Å². The summed E-state index contributed by atoms with van der Waals surface area (Å²) in [7, 11) is 1.49. The lowest BCUT2D eigenvalue weighted by Gasteiger charge is -2.21. The van der Waals surface area contributed by atoms with Crippen LogP contribution in [0.4, 0.5) is 18.9 Å². The molecular weight excluding hydrogens is 335 g/mol. The summed E-state index contributed by atoms with van der Waals surface area (Å²) in [6.45, 7) is 0. The summed E-state index contributed by atoms with van der Waals surface area (Å²) in [5.74, 6) is -0.942. The summed E-state index contributed by atoms with van der Waals surface area (Å²) in [5, 5.41) is 12.7. The lowest BCUT2D eigenvalue weighted by molar-refractivity contribution is -0.138. The number of benzene rings is 2. The number of carbonyl (C=O) groups excluding carboxylic acids is 1. The van der Waals surface area contributed by atoms with Gasteiger partial charge >= 0.3 is 6.18 Å². The fourth-order valence-corrected chi connectivity index (χ4v) is 3.06. The van der Waals surface area contributed by atoms with Crippen molar-refractivity contribution in [1.82, 2.24) is 0 Å². The number of methoxy groups -OCH3 is 1. The summed E-state index contributed by atoms with van der Waals surface area (Å²) in [5.41, 5.74) is -0.193. The Bertz CT molecular complexity index is 787. The van der Waals surface area contributed by atoms with Gasteiger partial charge in [-0.05, 0) is 41.8 Å². The number of carbonyl (C=O) groups is 1. The van der Waals surface area contributed by atoms with Crippen molar-refractivity contribution in [2.45, 2.75) is 24.6 Å². The molecule has 0 spiro atoms. The van der Waals surface area contributed by atoms with Gasteiger partial charge in [-0.3, -0.25) is 4.79 Å². The van der Waals surface area contributed by atoms with Crippen molar-refractivity contribution in [3.8, 4) is 5.75 Å².